The summed E-state index contributed by atoms with van der Waals surface area (Å²) in [6, 6.07) is 7.04. The number of guanidine groups is 1. The molecule has 1 rings (SSSR count). The van der Waals surface area contributed by atoms with Crippen molar-refractivity contribution in [3.05, 3.63) is 35.4 Å². The third-order valence-electron chi connectivity index (χ3n) is 3.59. The van der Waals surface area contributed by atoms with E-state index < -0.39 is 18.9 Å². The van der Waals surface area contributed by atoms with Gasteiger partial charge in [0, 0.05) is 19.7 Å². The monoisotopic (exact) mass is 547 g/mol. The Morgan fingerprint density at radius 3 is 2.27 bits per heavy atom. The van der Waals surface area contributed by atoms with E-state index in [1.54, 1.807) is 24.3 Å². The molecule has 0 aromatic heterocycles. The van der Waals surface area contributed by atoms with E-state index in [0.717, 1.165) is 5.56 Å². The van der Waals surface area contributed by atoms with Gasteiger partial charge < -0.3 is 25.2 Å². The van der Waals surface area contributed by atoms with Crippen LogP contribution in [0.1, 0.15) is 31.9 Å². The van der Waals surface area contributed by atoms with Gasteiger partial charge >= 0.3 is 6.18 Å². The summed E-state index contributed by atoms with van der Waals surface area (Å²) in [5.41, 5.74) is 1.57. The van der Waals surface area contributed by atoms with Crippen molar-refractivity contribution < 1.29 is 27.8 Å². The number of hydrogen-bond acceptors (Lipinski definition) is 4. The first kappa shape index (κ1) is 28.9. The highest BCUT2D eigenvalue weighted by atomic mass is 127. The number of aliphatic hydroxyl groups excluding tert-OH is 1. The smallest absolute Gasteiger partial charge is 0.389 e. The maximum Gasteiger partial charge on any atom is 0.411 e. The van der Waals surface area contributed by atoms with Crippen molar-refractivity contribution in [2.75, 3.05) is 32.9 Å². The number of nitrogens with zero attached hydrogens (tertiary/aromatic N) is 1. The minimum absolute atomic E-state index is 0. The van der Waals surface area contributed by atoms with Crippen LogP contribution in [0.15, 0.2) is 29.3 Å². The molecule has 0 saturated heterocycles. The van der Waals surface area contributed by atoms with Gasteiger partial charge in [-0.25, -0.2) is 4.99 Å². The predicted molar refractivity (Wildman–Crippen MR) is 122 cm³/mol. The molecule has 0 radical (unpaired) electrons. The first-order chi connectivity index (χ1) is 13.7. The summed E-state index contributed by atoms with van der Waals surface area (Å²) in [7, 11) is 0. The van der Waals surface area contributed by atoms with E-state index in [4.69, 9.17) is 4.74 Å². The van der Waals surface area contributed by atoms with Crippen molar-refractivity contribution in [2.24, 2.45) is 10.9 Å². The molecule has 6 nitrogen and oxygen atoms in total. The third kappa shape index (κ3) is 14.8. The predicted octanol–water partition coefficient (Wildman–Crippen LogP) is 3.47. The Morgan fingerprint density at radius 2 is 1.70 bits per heavy atom. The highest BCUT2D eigenvalue weighted by molar-refractivity contribution is 14.0. The molecule has 1 unspecified atom stereocenters. The van der Waals surface area contributed by atoms with Gasteiger partial charge in [0.25, 0.3) is 0 Å². The van der Waals surface area contributed by atoms with E-state index in [-0.39, 0.29) is 37.2 Å². The fraction of sp³-hybridized carbons (Fsp3) is 0.650. The Bertz CT molecular complexity index is 599. The van der Waals surface area contributed by atoms with E-state index >= 15 is 0 Å². The van der Waals surface area contributed by atoms with Crippen molar-refractivity contribution in [3.8, 4) is 0 Å². The van der Waals surface area contributed by atoms with Crippen LogP contribution >= 0.6 is 24.0 Å². The van der Waals surface area contributed by atoms with Crippen molar-refractivity contribution in [1.82, 2.24) is 10.6 Å². The average molecular weight is 547 g/mol. The van der Waals surface area contributed by atoms with E-state index in [1.165, 1.54) is 0 Å². The van der Waals surface area contributed by atoms with Gasteiger partial charge in [0.05, 0.1) is 25.9 Å². The molecule has 0 saturated carbocycles. The second-order valence-corrected chi connectivity index (χ2v) is 7.09. The Hall–Kier alpha value is -1.11. The first-order valence-corrected chi connectivity index (χ1v) is 9.70. The lowest BCUT2D eigenvalue weighted by Gasteiger charge is -2.16. The number of halogens is 4. The number of ether oxygens (including phenoxy) is 2. The van der Waals surface area contributed by atoms with Gasteiger partial charge in [0.15, 0.2) is 5.96 Å². The lowest BCUT2D eigenvalue weighted by atomic mass is 10.1. The van der Waals surface area contributed by atoms with Crippen LogP contribution in [0, 0.1) is 5.92 Å². The maximum absolute atomic E-state index is 12.1. The normalized spacial score (nSPS) is 13.1. The molecule has 1 atom stereocenters. The van der Waals surface area contributed by atoms with Crippen LogP contribution in [0.4, 0.5) is 13.2 Å². The number of nitrogens with one attached hydrogen (secondary N) is 2. The van der Waals surface area contributed by atoms with Crippen LogP contribution in [-0.2, 0) is 22.6 Å². The molecule has 0 fully saturated rings. The molecule has 30 heavy (non-hydrogen) atoms. The van der Waals surface area contributed by atoms with Gasteiger partial charge in [-0.15, -0.1) is 24.0 Å². The lowest BCUT2D eigenvalue weighted by Crippen LogP contribution is -2.42. The molecule has 3 N–H and O–H groups in total. The number of hydrogen-bond donors (Lipinski definition) is 3. The number of alkyl halides is 3. The van der Waals surface area contributed by atoms with Gasteiger partial charge in [-0.05, 0) is 24.0 Å². The van der Waals surface area contributed by atoms with Gasteiger partial charge in [0.2, 0.25) is 0 Å². The molecule has 1 aromatic rings. The van der Waals surface area contributed by atoms with Crippen LogP contribution in [0.2, 0.25) is 0 Å². The minimum atomic E-state index is -4.32. The highest BCUT2D eigenvalue weighted by Crippen LogP contribution is 2.16. The summed E-state index contributed by atoms with van der Waals surface area (Å²) >= 11 is 0. The van der Waals surface area contributed by atoms with Crippen LogP contribution in [0.25, 0.3) is 0 Å². The Balaban J connectivity index is 0.00000841. The zero-order valence-electron chi connectivity index (χ0n) is 17.7. The molecule has 174 valence electrons. The van der Waals surface area contributed by atoms with E-state index in [0.29, 0.717) is 43.7 Å². The number of aliphatic hydroxyl groups is 1. The zero-order valence-corrected chi connectivity index (χ0v) is 20.0. The summed E-state index contributed by atoms with van der Waals surface area (Å²) in [6.07, 6.45) is -4.97. The molecule has 0 aliphatic rings. The Morgan fingerprint density at radius 1 is 1.07 bits per heavy atom. The SMILES string of the molecule is CCNC(=NCc1ccc(COCC(F)(F)F)cc1)NCC(O)COCC(C)C.I. The van der Waals surface area contributed by atoms with Crippen LogP contribution in [-0.4, -0.2) is 56.3 Å². The number of benzene rings is 1. The molecule has 0 aliphatic heterocycles. The fourth-order valence-corrected chi connectivity index (χ4v) is 2.25. The van der Waals surface area contributed by atoms with Crippen LogP contribution in [0.5, 0.6) is 0 Å². The topological polar surface area (TPSA) is 75.1 Å². The fourth-order valence-electron chi connectivity index (χ4n) is 2.25. The molecule has 10 heteroatoms. The molecular weight excluding hydrogens is 514 g/mol. The van der Waals surface area contributed by atoms with Crippen LogP contribution < -0.4 is 10.6 Å². The first-order valence-electron chi connectivity index (χ1n) is 9.70. The van der Waals surface area contributed by atoms with Crippen molar-refractivity contribution in [2.45, 2.75) is 46.2 Å². The molecule has 0 bridgehead atoms. The summed E-state index contributed by atoms with van der Waals surface area (Å²) in [5.74, 6) is 0.977. The molecule has 1 aromatic carbocycles. The molecule has 0 aliphatic carbocycles. The summed E-state index contributed by atoms with van der Waals surface area (Å²) < 4.78 is 46.3. The maximum atomic E-state index is 12.1. The Kier molecular flexibility index (Phi) is 15.1. The highest BCUT2D eigenvalue weighted by Gasteiger charge is 2.27. The lowest BCUT2D eigenvalue weighted by molar-refractivity contribution is -0.176. The quantitative estimate of drug-likeness (QED) is 0.212. The second kappa shape index (κ2) is 15.7. The van der Waals surface area contributed by atoms with Crippen molar-refractivity contribution in [1.29, 1.82) is 0 Å². The molecular formula is C20H33F3IN3O3. The minimum Gasteiger partial charge on any atom is -0.389 e. The number of aliphatic imine (C=N–C) groups is 1. The van der Waals surface area contributed by atoms with E-state index in [9.17, 15) is 18.3 Å². The second-order valence-electron chi connectivity index (χ2n) is 7.09. The third-order valence-corrected chi connectivity index (χ3v) is 3.59. The van der Waals surface area contributed by atoms with E-state index in [1.807, 2.05) is 20.8 Å². The summed E-state index contributed by atoms with van der Waals surface area (Å²) in [5, 5.41) is 16.1. The average Bonchev–Trinajstić information content (AvgIpc) is 2.64. The molecule has 0 amide bonds. The molecule has 0 spiro atoms. The standard InChI is InChI=1S/C20H32F3N3O3.HI/c1-4-24-19(26-10-18(27)13-28-11-15(2)3)25-9-16-5-7-17(8-6-16)12-29-14-20(21,22)23;/h5-8,15,18,27H,4,9-14H2,1-3H3,(H2,24,25,26);1H. The summed E-state index contributed by atoms with van der Waals surface area (Å²) in [6.45, 7) is 6.89. The van der Waals surface area contributed by atoms with Gasteiger partial charge in [0.1, 0.15) is 6.61 Å². The number of rotatable bonds is 12. The van der Waals surface area contributed by atoms with Crippen molar-refractivity contribution in [3.63, 3.8) is 0 Å². The largest absolute Gasteiger partial charge is 0.411 e. The van der Waals surface area contributed by atoms with Gasteiger partial charge in [-0.2, -0.15) is 13.2 Å². The molecule has 0 heterocycles. The zero-order chi connectivity index (χ0) is 21.7. The van der Waals surface area contributed by atoms with E-state index in [2.05, 4.69) is 20.4 Å². The van der Waals surface area contributed by atoms with Crippen LogP contribution in [0.3, 0.4) is 0 Å². The Labute approximate surface area is 193 Å². The van der Waals surface area contributed by atoms with Crippen molar-refractivity contribution >= 4 is 29.9 Å². The summed E-state index contributed by atoms with van der Waals surface area (Å²) in [4.78, 5) is 4.45. The van der Waals surface area contributed by atoms with Gasteiger partial charge in [-0.1, -0.05) is 38.1 Å². The van der Waals surface area contributed by atoms with Gasteiger partial charge in [-0.3, -0.25) is 0 Å².